The number of alkyl halides is 3. The molecule has 20 heavy (non-hydrogen) atoms. The number of benzene rings is 1. The number of hydrogen-bond donors (Lipinski definition) is 0. The van der Waals surface area contributed by atoms with Crippen molar-refractivity contribution in [2.45, 2.75) is 32.0 Å². The van der Waals surface area contributed by atoms with Gasteiger partial charge < -0.3 is 9.47 Å². The van der Waals surface area contributed by atoms with Crippen molar-refractivity contribution in [3.63, 3.8) is 0 Å². The molecule has 0 bridgehead atoms. The third kappa shape index (κ3) is 3.88. The van der Waals surface area contributed by atoms with E-state index in [0.717, 1.165) is 18.9 Å². The monoisotopic (exact) mass is 288 g/mol. The van der Waals surface area contributed by atoms with Crippen LogP contribution in [0.3, 0.4) is 0 Å². The summed E-state index contributed by atoms with van der Waals surface area (Å²) in [6.45, 7) is 1.25. The maximum atomic E-state index is 12.7. The summed E-state index contributed by atoms with van der Waals surface area (Å²) >= 11 is 0. The molecule has 3 nitrogen and oxygen atoms in total. The second-order valence-corrected chi connectivity index (χ2v) is 4.82. The molecule has 0 radical (unpaired) electrons. The van der Waals surface area contributed by atoms with E-state index in [4.69, 9.17) is 9.47 Å². The van der Waals surface area contributed by atoms with Crippen LogP contribution < -0.4 is 4.74 Å². The third-order valence-corrected chi connectivity index (χ3v) is 3.14. The van der Waals surface area contributed by atoms with Crippen LogP contribution in [0.1, 0.15) is 25.3 Å². The van der Waals surface area contributed by atoms with E-state index in [1.54, 1.807) is 6.92 Å². The molecule has 0 heterocycles. The lowest BCUT2D eigenvalue weighted by atomic mass is 10.2. The van der Waals surface area contributed by atoms with Crippen LogP contribution in [-0.4, -0.2) is 18.7 Å². The molecule has 0 spiro atoms. The molecular formula is C14H15F3O3. The van der Waals surface area contributed by atoms with E-state index in [1.807, 2.05) is 0 Å². The Labute approximate surface area is 114 Å². The molecule has 1 unspecified atom stereocenters. The van der Waals surface area contributed by atoms with E-state index >= 15 is 0 Å². The predicted molar refractivity (Wildman–Crippen MR) is 65.2 cm³/mol. The van der Waals surface area contributed by atoms with Gasteiger partial charge in [-0.2, -0.15) is 13.2 Å². The normalized spacial score (nSPS) is 16.6. The predicted octanol–water partition coefficient (Wildman–Crippen LogP) is 3.43. The molecule has 0 aliphatic heterocycles. The zero-order valence-corrected chi connectivity index (χ0v) is 10.9. The van der Waals surface area contributed by atoms with Gasteiger partial charge in [0.15, 0.2) is 6.61 Å². The van der Waals surface area contributed by atoms with E-state index in [9.17, 15) is 18.0 Å². The van der Waals surface area contributed by atoms with E-state index < -0.39 is 24.3 Å². The summed E-state index contributed by atoms with van der Waals surface area (Å²) in [4.78, 5) is 11.5. The molecule has 6 heteroatoms. The Morgan fingerprint density at radius 3 is 2.60 bits per heavy atom. The van der Waals surface area contributed by atoms with Gasteiger partial charge in [-0.15, -0.1) is 0 Å². The van der Waals surface area contributed by atoms with Crippen LogP contribution in [0.25, 0.3) is 0 Å². The highest BCUT2D eigenvalue weighted by atomic mass is 19.4. The van der Waals surface area contributed by atoms with E-state index in [0.29, 0.717) is 5.92 Å². The Morgan fingerprint density at radius 1 is 1.35 bits per heavy atom. The summed E-state index contributed by atoms with van der Waals surface area (Å²) in [5.41, 5.74) is -0.900. The van der Waals surface area contributed by atoms with Crippen molar-refractivity contribution in [2.24, 2.45) is 5.92 Å². The van der Waals surface area contributed by atoms with Gasteiger partial charge in [-0.05, 0) is 37.8 Å². The first kappa shape index (κ1) is 14.7. The van der Waals surface area contributed by atoms with Crippen LogP contribution in [0.2, 0.25) is 0 Å². The van der Waals surface area contributed by atoms with Crippen molar-refractivity contribution >= 4 is 5.97 Å². The Kier molecular flexibility index (Phi) is 4.20. The number of para-hydroxylation sites is 1. The minimum Gasteiger partial charge on any atom is -0.481 e. The zero-order chi connectivity index (χ0) is 14.8. The lowest BCUT2D eigenvalue weighted by Crippen LogP contribution is -2.22. The van der Waals surface area contributed by atoms with Crippen LogP contribution in [0.4, 0.5) is 13.2 Å². The average Bonchev–Trinajstić information content (AvgIpc) is 3.19. The fourth-order valence-corrected chi connectivity index (χ4v) is 1.87. The summed E-state index contributed by atoms with van der Waals surface area (Å²) in [6, 6.07) is 4.78. The number of carbonyl (C=O) groups is 1. The standard InChI is InChI=1S/C14H15F3O3/c1-9(10-6-7-10)20-13(18)8-19-12-5-3-2-4-11(12)14(15,16)17/h2-5,9-10H,6-8H2,1H3. The summed E-state index contributed by atoms with van der Waals surface area (Å²) in [7, 11) is 0. The number of esters is 1. The number of ether oxygens (including phenoxy) is 2. The fourth-order valence-electron chi connectivity index (χ4n) is 1.87. The smallest absolute Gasteiger partial charge is 0.419 e. The first-order chi connectivity index (χ1) is 9.38. The summed E-state index contributed by atoms with van der Waals surface area (Å²) < 4.78 is 48.1. The Morgan fingerprint density at radius 2 is 2.00 bits per heavy atom. The van der Waals surface area contributed by atoms with Crippen molar-refractivity contribution in [1.29, 1.82) is 0 Å². The first-order valence-corrected chi connectivity index (χ1v) is 6.36. The number of rotatable bonds is 5. The van der Waals surface area contributed by atoms with E-state index in [1.165, 1.54) is 18.2 Å². The van der Waals surface area contributed by atoms with Crippen molar-refractivity contribution in [3.8, 4) is 5.75 Å². The number of carbonyl (C=O) groups excluding carboxylic acids is 1. The van der Waals surface area contributed by atoms with Crippen LogP contribution in [0.15, 0.2) is 24.3 Å². The van der Waals surface area contributed by atoms with E-state index in [-0.39, 0.29) is 11.9 Å². The van der Waals surface area contributed by atoms with Gasteiger partial charge >= 0.3 is 12.1 Å². The van der Waals surface area contributed by atoms with Crippen LogP contribution in [-0.2, 0) is 15.7 Å². The van der Waals surface area contributed by atoms with Gasteiger partial charge in [-0.25, -0.2) is 4.79 Å². The van der Waals surface area contributed by atoms with Crippen molar-refractivity contribution < 1.29 is 27.4 Å². The Balaban J connectivity index is 1.91. The summed E-state index contributed by atoms with van der Waals surface area (Å²) in [5, 5.41) is 0. The highest BCUT2D eigenvalue weighted by Crippen LogP contribution is 2.36. The molecule has 1 aromatic carbocycles. The molecule has 1 aliphatic rings. The van der Waals surface area contributed by atoms with Crippen molar-refractivity contribution in [3.05, 3.63) is 29.8 Å². The largest absolute Gasteiger partial charge is 0.481 e. The third-order valence-electron chi connectivity index (χ3n) is 3.14. The number of halogens is 3. The summed E-state index contributed by atoms with van der Waals surface area (Å²) in [6.07, 6.45) is -2.68. The van der Waals surface area contributed by atoms with Crippen LogP contribution >= 0.6 is 0 Å². The Hall–Kier alpha value is -1.72. The van der Waals surface area contributed by atoms with Gasteiger partial charge in [-0.3, -0.25) is 0 Å². The Bertz CT molecular complexity index is 481. The quantitative estimate of drug-likeness (QED) is 0.779. The second kappa shape index (κ2) is 5.73. The molecule has 1 aliphatic carbocycles. The molecular weight excluding hydrogens is 273 g/mol. The lowest BCUT2D eigenvalue weighted by Gasteiger charge is -2.15. The minimum atomic E-state index is -4.51. The molecule has 2 rings (SSSR count). The maximum absolute atomic E-state index is 12.7. The summed E-state index contributed by atoms with van der Waals surface area (Å²) in [5.74, 6) is -0.640. The first-order valence-electron chi connectivity index (χ1n) is 6.36. The molecule has 1 saturated carbocycles. The van der Waals surface area contributed by atoms with Crippen LogP contribution in [0, 0.1) is 5.92 Å². The molecule has 0 amide bonds. The maximum Gasteiger partial charge on any atom is 0.419 e. The van der Waals surface area contributed by atoms with Gasteiger partial charge in [0.25, 0.3) is 0 Å². The minimum absolute atomic E-state index is 0.205. The zero-order valence-electron chi connectivity index (χ0n) is 10.9. The van der Waals surface area contributed by atoms with Gasteiger partial charge in [0.1, 0.15) is 11.9 Å². The highest BCUT2D eigenvalue weighted by Gasteiger charge is 2.34. The lowest BCUT2D eigenvalue weighted by molar-refractivity contribution is -0.152. The second-order valence-electron chi connectivity index (χ2n) is 4.82. The fraction of sp³-hybridized carbons (Fsp3) is 0.500. The molecule has 1 atom stereocenters. The number of hydrogen-bond acceptors (Lipinski definition) is 3. The van der Waals surface area contributed by atoms with Gasteiger partial charge in [0, 0.05) is 0 Å². The average molecular weight is 288 g/mol. The molecule has 1 aromatic rings. The molecule has 0 aromatic heterocycles. The van der Waals surface area contributed by atoms with Crippen molar-refractivity contribution in [1.82, 2.24) is 0 Å². The topological polar surface area (TPSA) is 35.5 Å². The molecule has 0 N–H and O–H groups in total. The molecule has 1 fully saturated rings. The molecule has 110 valence electrons. The van der Waals surface area contributed by atoms with Gasteiger partial charge in [-0.1, -0.05) is 12.1 Å². The molecule has 0 saturated heterocycles. The van der Waals surface area contributed by atoms with Gasteiger partial charge in [0.2, 0.25) is 0 Å². The van der Waals surface area contributed by atoms with Crippen LogP contribution in [0.5, 0.6) is 5.75 Å². The van der Waals surface area contributed by atoms with Crippen molar-refractivity contribution in [2.75, 3.05) is 6.61 Å². The highest BCUT2D eigenvalue weighted by molar-refractivity contribution is 5.71. The van der Waals surface area contributed by atoms with Gasteiger partial charge in [0.05, 0.1) is 5.56 Å². The SMILES string of the molecule is CC(OC(=O)COc1ccccc1C(F)(F)F)C1CC1. The van der Waals surface area contributed by atoms with E-state index in [2.05, 4.69) is 0 Å².